The van der Waals surface area contributed by atoms with Crippen molar-refractivity contribution in [3.05, 3.63) is 29.3 Å². The van der Waals surface area contributed by atoms with E-state index in [1.165, 1.54) is 12.1 Å². The van der Waals surface area contributed by atoms with Crippen LogP contribution in [0.5, 0.6) is 0 Å². The zero-order valence-corrected chi connectivity index (χ0v) is 10.0. The van der Waals surface area contributed by atoms with Gasteiger partial charge in [-0.3, -0.25) is 0 Å². The number of nitrogens with one attached hydrogen (secondary N) is 1. The molecule has 5 heteroatoms. The van der Waals surface area contributed by atoms with Crippen molar-refractivity contribution in [3.63, 3.8) is 0 Å². The standard InChI is InChI=1S/C13H14F2N2O/c1-8-10(4-5-18-8)7-17-11-3-2-9(6-16)12(14)13(11)15/h2-3,8,10,17H,4-5,7H2,1H3. The number of ether oxygens (including phenoxy) is 1. The van der Waals surface area contributed by atoms with Crippen LogP contribution in [-0.4, -0.2) is 19.3 Å². The molecule has 0 bridgehead atoms. The molecule has 96 valence electrons. The Balaban J connectivity index is 2.06. The van der Waals surface area contributed by atoms with Crippen molar-refractivity contribution in [2.24, 2.45) is 5.92 Å². The molecular weight excluding hydrogens is 238 g/mol. The highest BCUT2D eigenvalue weighted by Gasteiger charge is 2.24. The van der Waals surface area contributed by atoms with Crippen LogP contribution < -0.4 is 5.32 Å². The van der Waals surface area contributed by atoms with E-state index in [2.05, 4.69) is 5.32 Å². The highest BCUT2D eigenvalue weighted by atomic mass is 19.2. The Morgan fingerprint density at radius 2 is 2.22 bits per heavy atom. The topological polar surface area (TPSA) is 45.0 Å². The lowest BCUT2D eigenvalue weighted by atomic mass is 10.0. The van der Waals surface area contributed by atoms with Gasteiger partial charge in [-0.2, -0.15) is 5.26 Å². The smallest absolute Gasteiger partial charge is 0.183 e. The first-order chi connectivity index (χ1) is 8.63. The first kappa shape index (κ1) is 12.8. The van der Waals surface area contributed by atoms with Crippen molar-refractivity contribution in [2.45, 2.75) is 19.4 Å². The number of hydrogen-bond acceptors (Lipinski definition) is 3. The van der Waals surface area contributed by atoms with Crippen molar-refractivity contribution >= 4 is 5.69 Å². The highest BCUT2D eigenvalue weighted by molar-refractivity contribution is 5.49. The first-order valence-electron chi connectivity index (χ1n) is 5.87. The van der Waals surface area contributed by atoms with Crippen LogP contribution in [0.1, 0.15) is 18.9 Å². The molecule has 1 N–H and O–H groups in total. The minimum absolute atomic E-state index is 0.0885. The van der Waals surface area contributed by atoms with Crippen molar-refractivity contribution in [2.75, 3.05) is 18.5 Å². The van der Waals surface area contributed by atoms with Crippen molar-refractivity contribution in [1.29, 1.82) is 5.26 Å². The number of hydrogen-bond donors (Lipinski definition) is 1. The van der Waals surface area contributed by atoms with E-state index in [-0.39, 0.29) is 17.4 Å². The summed E-state index contributed by atoms with van der Waals surface area (Å²) in [6, 6.07) is 4.26. The Kier molecular flexibility index (Phi) is 3.78. The fourth-order valence-electron chi connectivity index (χ4n) is 2.06. The van der Waals surface area contributed by atoms with Gasteiger partial charge in [-0.1, -0.05) is 0 Å². The number of anilines is 1. The maximum absolute atomic E-state index is 13.6. The predicted molar refractivity (Wildman–Crippen MR) is 63.1 cm³/mol. The summed E-state index contributed by atoms with van der Waals surface area (Å²) in [7, 11) is 0. The fourth-order valence-corrected chi connectivity index (χ4v) is 2.06. The van der Waals surface area contributed by atoms with E-state index in [0.29, 0.717) is 19.1 Å². The van der Waals surface area contributed by atoms with Gasteiger partial charge in [0, 0.05) is 19.1 Å². The molecule has 1 aliphatic rings. The van der Waals surface area contributed by atoms with Crippen LogP contribution in [0, 0.1) is 28.9 Å². The van der Waals surface area contributed by atoms with Crippen LogP contribution >= 0.6 is 0 Å². The average Bonchev–Trinajstić information content (AvgIpc) is 2.77. The van der Waals surface area contributed by atoms with Gasteiger partial charge in [-0.25, -0.2) is 8.78 Å². The second-order valence-corrected chi connectivity index (χ2v) is 4.41. The Labute approximate surface area is 104 Å². The van der Waals surface area contributed by atoms with Crippen molar-refractivity contribution < 1.29 is 13.5 Å². The zero-order chi connectivity index (χ0) is 13.1. The largest absolute Gasteiger partial charge is 0.382 e. The number of nitrogens with zero attached hydrogens (tertiary/aromatic N) is 1. The van der Waals surface area contributed by atoms with E-state index in [4.69, 9.17) is 10.00 Å². The minimum atomic E-state index is -1.10. The monoisotopic (exact) mass is 252 g/mol. The van der Waals surface area contributed by atoms with Crippen LogP contribution in [0.15, 0.2) is 12.1 Å². The average molecular weight is 252 g/mol. The zero-order valence-electron chi connectivity index (χ0n) is 10.0. The third kappa shape index (κ3) is 2.44. The third-order valence-electron chi connectivity index (χ3n) is 3.29. The lowest BCUT2D eigenvalue weighted by Crippen LogP contribution is -2.21. The molecule has 2 atom stereocenters. The number of benzene rings is 1. The van der Waals surface area contributed by atoms with E-state index in [0.717, 1.165) is 6.42 Å². The quantitative estimate of drug-likeness (QED) is 0.899. The summed E-state index contributed by atoms with van der Waals surface area (Å²) in [6.07, 6.45) is 1.04. The van der Waals surface area contributed by atoms with E-state index in [1.54, 1.807) is 6.07 Å². The van der Waals surface area contributed by atoms with Crippen molar-refractivity contribution in [1.82, 2.24) is 0 Å². The summed E-state index contributed by atoms with van der Waals surface area (Å²) in [5, 5.41) is 11.5. The molecule has 2 rings (SSSR count). The molecule has 18 heavy (non-hydrogen) atoms. The molecule has 0 saturated carbocycles. The van der Waals surface area contributed by atoms with Crippen LogP contribution in [-0.2, 0) is 4.74 Å². The van der Waals surface area contributed by atoms with Gasteiger partial charge in [0.05, 0.1) is 17.4 Å². The summed E-state index contributed by atoms with van der Waals surface area (Å²) in [5.74, 6) is -1.80. The second kappa shape index (κ2) is 5.32. The third-order valence-corrected chi connectivity index (χ3v) is 3.29. The number of halogens is 2. The molecule has 0 spiro atoms. The Morgan fingerprint density at radius 1 is 1.44 bits per heavy atom. The molecule has 1 heterocycles. The molecule has 0 amide bonds. The van der Waals surface area contributed by atoms with Gasteiger partial charge >= 0.3 is 0 Å². The highest BCUT2D eigenvalue weighted by Crippen LogP contribution is 2.24. The Bertz CT molecular complexity index is 485. The fraction of sp³-hybridized carbons (Fsp3) is 0.462. The lowest BCUT2D eigenvalue weighted by molar-refractivity contribution is 0.108. The lowest BCUT2D eigenvalue weighted by Gasteiger charge is -2.16. The van der Waals surface area contributed by atoms with Gasteiger partial charge in [0.25, 0.3) is 0 Å². The Hall–Kier alpha value is -1.67. The van der Waals surface area contributed by atoms with E-state index in [1.807, 2.05) is 6.92 Å². The van der Waals surface area contributed by atoms with Crippen LogP contribution in [0.3, 0.4) is 0 Å². The Morgan fingerprint density at radius 3 is 2.83 bits per heavy atom. The maximum atomic E-state index is 13.6. The summed E-state index contributed by atoms with van der Waals surface area (Å²) < 4.78 is 32.4. The summed E-state index contributed by atoms with van der Waals surface area (Å²) in [5.41, 5.74) is -0.193. The van der Waals surface area contributed by atoms with Gasteiger partial charge in [-0.05, 0) is 25.5 Å². The van der Waals surface area contributed by atoms with Crippen LogP contribution in [0.25, 0.3) is 0 Å². The first-order valence-corrected chi connectivity index (χ1v) is 5.87. The van der Waals surface area contributed by atoms with E-state index < -0.39 is 11.6 Å². The molecule has 1 fully saturated rings. The van der Waals surface area contributed by atoms with Crippen LogP contribution in [0.2, 0.25) is 0 Å². The van der Waals surface area contributed by atoms with Gasteiger partial charge in [0.15, 0.2) is 11.6 Å². The molecule has 2 unspecified atom stereocenters. The number of nitriles is 1. The van der Waals surface area contributed by atoms with Gasteiger partial charge < -0.3 is 10.1 Å². The second-order valence-electron chi connectivity index (χ2n) is 4.41. The summed E-state index contributed by atoms with van der Waals surface area (Å²) >= 11 is 0. The minimum Gasteiger partial charge on any atom is -0.382 e. The maximum Gasteiger partial charge on any atom is 0.183 e. The van der Waals surface area contributed by atoms with Gasteiger partial charge in [0.2, 0.25) is 0 Å². The predicted octanol–water partition coefficient (Wildman–Crippen LogP) is 2.67. The molecule has 1 saturated heterocycles. The summed E-state index contributed by atoms with van der Waals surface area (Å²) in [6.45, 7) is 3.20. The normalized spacial score (nSPS) is 22.8. The summed E-state index contributed by atoms with van der Waals surface area (Å²) in [4.78, 5) is 0. The van der Waals surface area contributed by atoms with Gasteiger partial charge in [0.1, 0.15) is 6.07 Å². The SMILES string of the molecule is CC1OCCC1CNc1ccc(C#N)c(F)c1F. The molecule has 0 aromatic heterocycles. The van der Waals surface area contributed by atoms with Gasteiger partial charge in [-0.15, -0.1) is 0 Å². The van der Waals surface area contributed by atoms with Crippen molar-refractivity contribution in [3.8, 4) is 6.07 Å². The molecule has 0 aliphatic carbocycles. The molecular formula is C13H14F2N2O. The van der Waals surface area contributed by atoms with E-state index in [9.17, 15) is 8.78 Å². The number of rotatable bonds is 3. The van der Waals surface area contributed by atoms with Crippen LogP contribution in [0.4, 0.5) is 14.5 Å². The molecule has 1 aliphatic heterocycles. The molecule has 0 radical (unpaired) electrons. The molecule has 1 aromatic carbocycles. The van der Waals surface area contributed by atoms with E-state index >= 15 is 0 Å². The molecule has 3 nitrogen and oxygen atoms in total. The molecule has 1 aromatic rings.